The Morgan fingerprint density at radius 3 is 2.45 bits per heavy atom. The van der Waals surface area contributed by atoms with Gasteiger partial charge in [0.05, 0.1) is 12.0 Å². The molecule has 0 bridgehead atoms. The Labute approximate surface area is 195 Å². The van der Waals surface area contributed by atoms with Gasteiger partial charge in [-0.15, -0.1) is 0 Å². The van der Waals surface area contributed by atoms with Gasteiger partial charge in [-0.25, -0.2) is 9.59 Å². The molecule has 0 spiro atoms. The van der Waals surface area contributed by atoms with Crippen molar-refractivity contribution in [1.29, 1.82) is 0 Å². The van der Waals surface area contributed by atoms with Crippen molar-refractivity contribution < 1.29 is 18.4 Å². The molecule has 7 heteroatoms. The molecule has 0 atom stereocenters. The number of hydrogen-bond donors (Lipinski definition) is 0. The van der Waals surface area contributed by atoms with Crippen LogP contribution in [0.2, 0.25) is 0 Å². The van der Waals surface area contributed by atoms with Gasteiger partial charge in [0.2, 0.25) is 0 Å². The van der Waals surface area contributed by atoms with Crippen LogP contribution in [0.1, 0.15) is 5.56 Å². The Morgan fingerprint density at radius 1 is 0.818 bits per heavy atom. The topological polar surface area (TPSA) is 86.7 Å². The molecule has 0 fully saturated rings. The summed E-state index contributed by atoms with van der Waals surface area (Å²) in [6, 6.07) is 22.1. The largest absolute Gasteiger partial charge is 0.426 e. The van der Waals surface area contributed by atoms with Crippen molar-refractivity contribution in [2.24, 2.45) is 0 Å². The summed E-state index contributed by atoms with van der Waals surface area (Å²) in [5.41, 5.74) is 0.843. The Morgan fingerprint density at radius 2 is 1.64 bits per heavy atom. The van der Waals surface area contributed by atoms with E-state index in [4.69, 9.17) is 13.6 Å². The van der Waals surface area contributed by atoms with E-state index in [0.29, 0.717) is 21.9 Å². The summed E-state index contributed by atoms with van der Waals surface area (Å²) in [5.74, 6) is -0.210. The highest BCUT2D eigenvalue weighted by molar-refractivity contribution is 9.10. The molecule has 5 aromatic rings. The van der Waals surface area contributed by atoms with Crippen LogP contribution in [0.5, 0.6) is 5.75 Å². The molecule has 33 heavy (non-hydrogen) atoms. The number of benzene rings is 3. The molecule has 6 nitrogen and oxygen atoms in total. The summed E-state index contributed by atoms with van der Waals surface area (Å²) in [6.45, 7) is 0. The van der Waals surface area contributed by atoms with Crippen molar-refractivity contribution in [1.82, 2.24) is 0 Å². The first-order valence-corrected chi connectivity index (χ1v) is 10.8. The Kier molecular flexibility index (Phi) is 5.40. The van der Waals surface area contributed by atoms with Gasteiger partial charge in [0.25, 0.3) is 0 Å². The molecule has 0 aliphatic carbocycles. The van der Waals surface area contributed by atoms with Gasteiger partial charge >= 0.3 is 17.2 Å². The average Bonchev–Trinajstić information content (AvgIpc) is 2.78. The first-order valence-electron chi connectivity index (χ1n) is 10.0. The standard InChI is InChI=1S/C26H15BrO6/c27-17-6-9-22-16(11-17)12-21(26(30)33-22)20-14-25(29)32-23-13-18(7-8-19(20)23)31-24(28)10-15-4-2-1-3-5-15/h1-9,11-14H,10H2. The van der Waals surface area contributed by atoms with E-state index in [1.54, 1.807) is 30.3 Å². The Hall–Kier alpha value is -3.97. The summed E-state index contributed by atoms with van der Waals surface area (Å²) >= 11 is 3.41. The lowest BCUT2D eigenvalue weighted by Crippen LogP contribution is -2.11. The minimum absolute atomic E-state index is 0.108. The molecule has 0 aliphatic rings. The minimum atomic E-state index is -0.640. The molecule has 0 saturated heterocycles. The van der Waals surface area contributed by atoms with Gasteiger partial charge in [0.15, 0.2) is 0 Å². The quantitative estimate of drug-likeness (QED) is 0.184. The van der Waals surface area contributed by atoms with Crippen LogP contribution >= 0.6 is 15.9 Å². The molecular weight excluding hydrogens is 488 g/mol. The van der Waals surface area contributed by atoms with Gasteiger partial charge in [-0.05, 0) is 42.0 Å². The fourth-order valence-electron chi connectivity index (χ4n) is 3.64. The zero-order valence-corrected chi connectivity index (χ0v) is 18.6. The van der Waals surface area contributed by atoms with Crippen molar-refractivity contribution in [3.8, 4) is 16.9 Å². The number of carbonyl (C=O) groups is 1. The normalized spacial score (nSPS) is 11.1. The highest BCUT2D eigenvalue weighted by Gasteiger charge is 2.15. The van der Waals surface area contributed by atoms with Gasteiger partial charge in [-0.3, -0.25) is 4.79 Å². The minimum Gasteiger partial charge on any atom is -0.426 e. The molecule has 162 valence electrons. The first kappa shape index (κ1) is 20.9. The van der Waals surface area contributed by atoms with Gasteiger partial charge in [-0.2, -0.15) is 0 Å². The van der Waals surface area contributed by atoms with Gasteiger partial charge in [0, 0.05) is 32.9 Å². The molecule has 2 heterocycles. The molecule has 0 amide bonds. The van der Waals surface area contributed by atoms with E-state index in [1.165, 1.54) is 12.1 Å². The molecule has 0 aliphatic heterocycles. The van der Waals surface area contributed by atoms with Crippen molar-refractivity contribution in [2.75, 3.05) is 0 Å². The second-order valence-corrected chi connectivity index (χ2v) is 8.32. The maximum atomic E-state index is 12.7. The molecule has 0 saturated carbocycles. The predicted octanol–water partition coefficient (Wildman–Crippen LogP) is 5.48. The fourth-order valence-corrected chi connectivity index (χ4v) is 4.02. The van der Waals surface area contributed by atoms with Crippen molar-refractivity contribution in [3.05, 3.63) is 110 Å². The smallest absolute Gasteiger partial charge is 0.344 e. The number of carbonyl (C=O) groups excluding carboxylic acids is 1. The van der Waals surface area contributed by atoms with Gasteiger partial charge < -0.3 is 13.6 Å². The maximum absolute atomic E-state index is 12.7. The van der Waals surface area contributed by atoms with Crippen LogP contribution in [0, 0.1) is 0 Å². The Balaban J connectivity index is 1.54. The number of hydrogen-bond acceptors (Lipinski definition) is 6. The third-order valence-corrected chi connectivity index (χ3v) is 5.62. The highest BCUT2D eigenvalue weighted by Crippen LogP contribution is 2.30. The lowest BCUT2D eigenvalue weighted by molar-refractivity contribution is -0.133. The second-order valence-electron chi connectivity index (χ2n) is 7.40. The summed E-state index contributed by atoms with van der Waals surface area (Å²) in [7, 11) is 0. The van der Waals surface area contributed by atoms with E-state index in [2.05, 4.69) is 15.9 Å². The second kappa shape index (κ2) is 8.52. The SMILES string of the molecule is O=C(Cc1ccccc1)Oc1ccc2c(-c3cc4cc(Br)ccc4oc3=O)cc(=O)oc2c1. The lowest BCUT2D eigenvalue weighted by Gasteiger charge is -2.08. The number of esters is 1. The summed E-state index contributed by atoms with van der Waals surface area (Å²) in [4.78, 5) is 37.2. The highest BCUT2D eigenvalue weighted by atomic mass is 79.9. The zero-order valence-electron chi connectivity index (χ0n) is 17.0. The molecule has 0 unspecified atom stereocenters. The molecule has 5 rings (SSSR count). The Bertz CT molecular complexity index is 1630. The third kappa shape index (κ3) is 4.36. The summed E-state index contributed by atoms with van der Waals surface area (Å²) in [5, 5.41) is 1.21. The molecular formula is C26H15BrO6. The van der Waals surface area contributed by atoms with Crippen molar-refractivity contribution in [3.63, 3.8) is 0 Å². The summed E-state index contributed by atoms with van der Waals surface area (Å²) in [6.07, 6.45) is 0.108. The van der Waals surface area contributed by atoms with Crippen LogP contribution in [-0.2, 0) is 11.2 Å². The molecule has 3 aromatic carbocycles. The zero-order chi connectivity index (χ0) is 22.9. The monoisotopic (exact) mass is 502 g/mol. The van der Waals surface area contributed by atoms with Crippen LogP contribution in [0.25, 0.3) is 33.1 Å². The van der Waals surface area contributed by atoms with E-state index in [9.17, 15) is 14.4 Å². The van der Waals surface area contributed by atoms with Crippen LogP contribution in [-0.4, -0.2) is 5.97 Å². The summed E-state index contributed by atoms with van der Waals surface area (Å²) < 4.78 is 17.0. The van der Waals surface area contributed by atoms with Crippen LogP contribution in [0.4, 0.5) is 0 Å². The predicted molar refractivity (Wildman–Crippen MR) is 127 cm³/mol. The van der Waals surface area contributed by atoms with Gasteiger partial charge in [-0.1, -0.05) is 46.3 Å². The molecule has 0 N–H and O–H groups in total. The first-order chi connectivity index (χ1) is 16.0. The van der Waals surface area contributed by atoms with E-state index in [0.717, 1.165) is 10.0 Å². The number of fused-ring (bicyclic) bond motifs is 2. The van der Waals surface area contributed by atoms with Crippen LogP contribution < -0.4 is 16.0 Å². The van der Waals surface area contributed by atoms with Crippen LogP contribution in [0.15, 0.2) is 102 Å². The van der Waals surface area contributed by atoms with E-state index >= 15 is 0 Å². The van der Waals surface area contributed by atoms with E-state index in [1.807, 2.05) is 36.4 Å². The maximum Gasteiger partial charge on any atom is 0.344 e. The van der Waals surface area contributed by atoms with Crippen LogP contribution in [0.3, 0.4) is 0 Å². The lowest BCUT2D eigenvalue weighted by atomic mass is 10.0. The molecule has 0 radical (unpaired) electrons. The third-order valence-electron chi connectivity index (χ3n) is 5.12. The van der Waals surface area contributed by atoms with Crippen molar-refractivity contribution in [2.45, 2.75) is 6.42 Å². The number of halogens is 1. The number of rotatable bonds is 4. The number of ether oxygens (including phenoxy) is 1. The van der Waals surface area contributed by atoms with Crippen molar-refractivity contribution >= 4 is 43.8 Å². The molecule has 2 aromatic heterocycles. The van der Waals surface area contributed by atoms with Gasteiger partial charge in [0.1, 0.15) is 16.9 Å². The average molecular weight is 503 g/mol. The fraction of sp³-hybridized carbons (Fsp3) is 0.0385. The van der Waals surface area contributed by atoms with E-state index < -0.39 is 17.2 Å². The van der Waals surface area contributed by atoms with E-state index in [-0.39, 0.29) is 23.3 Å².